The number of carbonyl (C=O) groups excluding carboxylic acids is 2. The van der Waals surface area contributed by atoms with Crippen LogP contribution in [0.4, 0.5) is 0 Å². The van der Waals surface area contributed by atoms with Crippen LogP contribution in [0.5, 0.6) is 0 Å². The third-order valence-electron chi connectivity index (χ3n) is 5.26. The number of hydrogen-bond donors (Lipinski definition) is 0. The van der Waals surface area contributed by atoms with Crippen LogP contribution in [0.1, 0.15) is 33.6 Å². The average Bonchev–Trinajstić information content (AvgIpc) is 2.95. The highest BCUT2D eigenvalue weighted by molar-refractivity contribution is 5.90. The predicted octanol–water partition coefficient (Wildman–Crippen LogP) is 7.00. The zero-order valence-electron chi connectivity index (χ0n) is 19.5. The Morgan fingerprint density at radius 1 is 0.500 bits per heavy atom. The molecule has 0 amide bonds. The van der Waals surface area contributed by atoms with Gasteiger partial charge in [0.05, 0.1) is 11.1 Å². The average molecular weight is 481 g/mol. The third kappa shape index (κ3) is 6.66. The van der Waals surface area contributed by atoms with Gasteiger partial charge in [-0.1, -0.05) is 91.9 Å². The van der Waals surface area contributed by atoms with Crippen molar-refractivity contribution in [2.45, 2.75) is 12.8 Å². The van der Waals surface area contributed by atoms with Crippen LogP contribution >= 0.6 is 0 Å². The minimum absolute atomic E-state index is 0.153. The molecule has 0 spiro atoms. The monoisotopic (exact) mass is 480 g/mol. The summed E-state index contributed by atoms with van der Waals surface area (Å²) < 4.78 is 0. The molecule has 6 nitrogen and oxygen atoms in total. The molecule has 0 saturated heterocycles. The van der Waals surface area contributed by atoms with Crippen LogP contribution in [-0.4, -0.2) is 11.9 Å². The fraction of sp³-hybridized carbons (Fsp3) is 0.0667. The van der Waals surface area contributed by atoms with E-state index in [2.05, 4.69) is 6.92 Å². The van der Waals surface area contributed by atoms with Crippen molar-refractivity contribution in [3.8, 4) is 22.3 Å². The smallest absolute Gasteiger partial charge is 0.289 e. The molecular weight excluding hydrogens is 456 g/mol. The molecule has 6 heteroatoms. The summed E-state index contributed by atoms with van der Waals surface area (Å²) in [6, 6.07) is 33.4. The van der Waals surface area contributed by atoms with Crippen LogP contribution in [0.3, 0.4) is 0 Å². The summed E-state index contributed by atoms with van der Waals surface area (Å²) in [5, 5.41) is 0. The molecule has 4 aromatic carbocycles. The topological polar surface area (TPSA) is 71.1 Å². The molecule has 180 valence electrons. The fourth-order valence-electron chi connectivity index (χ4n) is 3.37. The van der Waals surface area contributed by atoms with E-state index in [0.29, 0.717) is 17.5 Å². The van der Waals surface area contributed by atoms with E-state index in [0.717, 1.165) is 22.3 Å². The zero-order chi connectivity index (χ0) is 25.2. The largest absolute Gasteiger partial charge is 0.373 e. The maximum Gasteiger partial charge on any atom is 0.373 e. The molecular formula is C30H24O6. The van der Waals surface area contributed by atoms with Gasteiger partial charge in [-0.25, -0.2) is 9.59 Å². The van der Waals surface area contributed by atoms with Crippen molar-refractivity contribution in [1.82, 2.24) is 0 Å². The lowest BCUT2D eigenvalue weighted by atomic mass is 10.0. The quantitative estimate of drug-likeness (QED) is 0.180. The van der Waals surface area contributed by atoms with Gasteiger partial charge >= 0.3 is 18.2 Å². The zero-order valence-corrected chi connectivity index (χ0v) is 19.5. The Balaban J connectivity index is 1.29. The molecule has 0 saturated carbocycles. The van der Waals surface area contributed by atoms with Crippen LogP contribution < -0.4 is 0 Å². The van der Waals surface area contributed by atoms with Gasteiger partial charge in [0, 0.05) is 6.42 Å². The minimum Gasteiger partial charge on any atom is -0.289 e. The van der Waals surface area contributed by atoms with E-state index in [1.807, 2.05) is 84.9 Å². The highest BCUT2D eigenvalue weighted by Gasteiger charge is 2.21. The Kier molecular flexibility index (Phi) is 8.59. The first kappa shape index (κ1) is 24.9. The molecule has 0 heterocycles. The number of hydrogen-bond acceptors (Lipinski definition) is 6. The molecule has 4 rings (SSSR count). The highest BCUT2D eigenvalue weighted by atomic mass is 17.3. The molecule has 0 aliphatic heterocycles. The van der Waals surface area contributed by atoms with Gasteiger partial charge in [0.25, 0.3) is 0 Å². The summed E-state index contributed by atoms with van der Waals surface area (Å²) in [5.41, 5.74) is 4.57. The molecule has 0 aliphatic carbocycles. The SMILES string of the molecule is [CH2]CC[C](OOC(=O)c1ccc(-c2ccccc2)cc1)OOC(=O)c1ccc(-c2ccccc2)cc1. The maximum absolute atomic E-state index is 12.4. The molecule has 4 aromatic rings. The maximum atomic E-state index is 12.4. The Morgan fingerprint density at radius 3 is 1.22 bits per heavy atom. The Hall–Kier alpha value is -4.26. The molecule has 0 aliphatic rings. The molecule has 0 bridgehead atoms. The molecule has 0 aromatic heterocycles. The fourth-order valence-corrected chi connectivity index (χ4v) is 3.37. The molecule has 36 heavy (non-hydrogen) atoms. The Morgan fingerprint density at radius 2 is 0.861 bits per heavy atom. The summed E-state index contributed by atoms with van der Waals surface area (Å²) in [5.74, 6) is -1.44. The molecule has 2 radical (unpaired) electrons. The van der Waals surface area contributed by atoms with E-state index in [4.69, 9.17) is 19.6 Å². The van der Waals surface area contributed by atoms with Crippen LogP contribution in [0.25, 0.3) is 22.3 Å². The summed E-state index contributed by atoms with van der Waals surface area (Å²) in [6.45, 7) is 3.71. The second kappa shape index (κ2) is 12.4. The first-order valence-electron chi connectivity index (χ1n) is 11.4. The number of benzene rings is 4. The first-order chi connectivity index (χ1) is 17.6. The van der Waals surface area contributed by atoms with E-state index in [-0.39, 0.29) is 12.7 Å². The Bertz CT molecular complexity index is 1150. The van der Waals surface area contributed by atoms with Crippen molar-refractivity contribution in [3.63, 3.8) is 0 Å². The van der Waals surface area contributed by atoms with E-state index in [1.165, 1.54) is 0 Å². The minimum atomic E-state index is -0.720. The normalized spacial score (nSPS) is 10.7. The van der Waals surface area contributed by atoms with Crippen molar-refractivity contribution < 1.29 is 29.1 Å². The summed E-state index contributed by atoms with van der Waals surface area (Å²) in [6.07, 6.45) is 0.316. The van der Waals surface area contributed by atoms with Gasteiger partial charge in [-0.2, -0.15) is 0 Å². The predicted molar refractivity (Wildman–Crippen MR) is 135 cm³/mol. The summed E-state index contributed by atoms with van der Waals surface area (Å²) in [4.78, 5) is 44.5. The van der Waals surface area contributed by atoms with Crippen molar-refractivity contribution in [2.75, 3.05) is 0 Å². The number of carbonyl (C=O) groups is 2. The van der Waals surface area contributed by atoms with Gasteiger partial charge in [-0.15, -0.1) is 9.78 Å². The van der Waals surface area contributed by atoms with Gasteiger partial charge in [-0.3, -0.25) is 9.78 Å². The van der Waals surface area contributed by atoms with Crippen LogP contribution in [0.2, 0.25) is 0 Å². The van der Waals surface area contributed by atoms with E-state index in [9.17, 15) is 9.59 Å². The van der Waals surface area contributed by atoms with Gasteiger partial charge in [-0.05, 0) is 52.9 Å². The van der Waals surface area contributed by atoms with E-state index >= 15 is 0 Å². The molecule has 0 atom stereocenters. The lowest BCUT2D eigenvalue weighted by Crippen LogP contribution is -2.16. The van der Waals surface area contributed by atoms with Crippen molar-refractivity contribution in [3.05, 3.63) is 134 Å². The summed E-state index contributed by atoms with van der Waals surface area (Å²) in [7, 11) is 0. The van der Waals surface area contributed by atoms with Crippen LogP contribution in [-0.2, 0) is 19.6 Å². The van der Waals surface area contributed by atoms with E-state index in [1.54, 1.807) is 24.3 Å². The van der Waals surface area contributed by atoms with Gasteiger partial charge in [0.1, 0.15) is 0 Å². The van der Waals surface area contributed by atoms with Crippen molar-refractivity contribution in [1.29, 1.82) is 0 Å². The first-order valence-corrected chi connectivity index (χ1v) is 11.4. The lowest BCUT2D eigenvalue weighted by Gasteiger charge is -2.13. The molecule has 0 unspecified atom stereocenters. The number of rotatable bonds is 10. The third-order valence-corrected chi connectivity index (χ3v) is 5.26. The van der Waals surface area contributed by atoms with Crippen molar-refractivity contribution >= 4 is 11.9 Å². The molecule has 0 fully saturated rings. The van der Waals surface area contributed by atoms with Crippen molar-refractivity contribution in [2.24, 2.45) is 0 Å². The van der Waals surface area contributed by atoms with E-state index < -0.39 is 11.9 Å². The van der Waals surface area contributed by atoms with Gasteiger partial charge in [0.15, 0.2) is 0 Å². The molecule has 0 N–H and O–H groups in total. The highest BCUT2D eigenvalue weighted by Crippen LogP contribution is 2.22. The van der Waals surface area contributed by atoms with Crippen LogP contribution in [0, 0.1) is 13.2 Å². The van der Waals surface area contributed by atoms with Gasteiger partial charge < -0.3 is 0 Å². The Labute approximate surface area is 209 Å². The second-order valence-corrected chi connectivity index (χ2v) is 7.77. The summed E-state index contributed by atoms with van der Waals surface area (Å²) >= 11 is 0. The second-order valence-electron chi connectivity index (χ2n) is 7.77. The van der Waals surface area contributed by atoms with Crippen LogP contribution in [0.15, 0.2) is 109 Å². The van der Waals surface area contributed by atoms with Gasteiger partial charge in [0.2, 0.25) is 0 Å². The standard InChI is InChI=1S/C30H24O6/c1-2-9-28(33-35-29(31)26-18-14-24(15-19-26)22-10-5-3-6-11-22)34-36-30(32)27-20-16-25(17-21-27)23-12-7-4-8-13-23/h3-8,10-21H,1-2,9H2. The lowest BCUT2D eigenvalue weighted by molar-refractivity contribution is -0.363.